The number of carbonyl (C=O) groups is 8. The summed E-state index contributed by atoms with van der Waals surface area (Å²) in [4.78, 5) is 104. The monoisotopic (exact) mass is 982 g/mol. The Morgan fingerprint density at radius 1 is 0.691 bits per heavy atom. The quantitative estimate of drug-likeness (QED) is 0.106. The molecule has 0 aliphatic carbocycles. The third-order valence-electron chi connectivity index (χ3n) is 13.2. The van der Waals surface area contributed by atoms with Gasteiger partial charge in [-0.05, 0) is 76.5 Å². The molecule has 4 N–H and O–H groups in total. The molecule has 4 aliphatic rings. The van der Waals surface area contributed by atoms with Crippen LogP contribution in [0.2, 0.25) is 5.02 Å². The molecule has 17 heteroatoms. The zero-order chi connectivity index (χ0) is 49.4. The summed E-state index contributed by atoms with van der Waals surface area (Å²) in [5.74, 6) is -2.44. The highest BCUT2D eigenvalue weighted by Crippen LogP contribution is 2.37. The maximum Gasteiger partial charge on any atom is 0.256 e. The van der Waals surface area contributed by atoms with Crippen molar-refractivity contribution in [1.82, 2.24) is 31.1 Å². The van der Waals surface area contributed by atoms with Crippen molar-refractivity contribution in [2.45, 2.75) is 137 Å². The van der Waals surface area contributed by atoms with Crippen LogP contribution in [-0.2, 0) is 60.4 Å². The van der Waals surface area contributed by atoms with Gasteiger partial charge in [0.05, 0.1) is 36.1 Å². The van der Waals surface area contributed by atoms with E-state index in [4.69, 9.17) is 11.6 Å². The van der Waals surface area contributed by atoms with Crippen LogP contribution in [0.15, 0.2) is 53.2 Å². The Morgan fingerprint density at radius 3 is 1.51 bits per heavy atom. The zero-order valence-electron chi connectivity index (χ0n) is 39.7. The molecule has 2 aromatic carbocycles. The summed E-state index contributed by atoms with van der Waals surface area (Å²) in [6, 6.07) is 12.7. The summed E-state index contributed by atoms with van der Waals surface area (Å²) in [5, 5.41) is 15.0. The Hall–Kier alpha value is -5.71. The molecular formula is C51H59ClN6O8S2. The number of halogens is 1. The van der Waals surface area contributed by atoms with Crippen molar-refractivity contribution in [2.24, 2.45) is 11.8 Å². The van der Waals surface area contributed by atoms with Crippen molar-refractivity contribution in [1.29, 1.82) is 0 Å². The fraction of sp³-hybridized carbons (Fsp3) is 0.451. The van der Waals surface area contributed by atoms with E-state index in [2.05, 4.69) is 54.2 Å². The van der Waals surface area contributed by atoms with E-state index >= 15 is 0 Å². The first-order valence-electron chi connectivity index (χ1n) is 23.0. The van der Waals surface area contributed by atoms with Crippen LogP contribution in [0, 0.1) is 18.8 Å². The fourth-order valence-corrected chi connectivity index (χ4v) is 11.5. The van der Waals surface area contributed by atoms with Crippen molar-refractivity contribution in [3.63, 3.8) is 0 Å². The SMILES string of the molecule is CC(C)C(C(=O)NCc1scc2c1CN(C1CCC(=O)NC1=O)C2=O)c1ccc(C(C)(C)C)cc1.Cc1ccc(C(C(=O)NCc2scc3c2CN(C2CCC(=O)NC2=O)C3=O)C(C)C)cc1Cl. The summed E-state index contributed by atoms with van der Waals surface area (Å²) in [7, 11) is 0. The number of imide groups is 2. The lowest BCUT2D eigenvalue weighted by atomic mass is 9.83. The molecule has 14 nitrogen and oxygen atoms in total. The number of nitrogens with one attached hydrogen (secondary N) is 4. The lowest BCUT2D eigenvalue weighted by molar-refractivity contribution is -0.138. The van der Waals surface area contributed by atoms with Crippen LogP contribution in [0.1, 0.15) is 150 Å². The molecule has 4 aliphatic heterocycles. The molecule has 360 valence electrons. The number of carbonyl (C=O) groups excluding carboxylic acids is 8. The molecule has 8 rings (SSSR count). The number of thiophene rings is 2. The maximum absolute atomic E-state index is 13.2. The van der Waals surface area contributed by atoms with Gasteiger partial charge >= 0.3 is 0 Å². The van der Waals surface area contributed by atoms with E-state index in [-0.39, 0.29) is 77.4 Å². The molecule has 4 unspecified atom stereocenters. The first-order chi connectivity index (χ1) is 32.1. The highest BCUT2D eigenvalue weighted by atomic mass is 35.5. The third kappa shape index (κ3) is 10.6. The van der Waals surface area contributed by atoms with Gasteiger partial charge in [-0.25, -0.2) is 0 Å². The molecule has 2 aromatic heterocycles. The normalized spacial score (nSPS) is 19.0. The average Bonchev–Trinajstić information content (AvgIpc) is 4.03. The van der Waals surface area contributed by atoms with Gasteiger partial charge in [0.2, 0.25) is 35.4 Å². The van der Waals surface area contributed by atoms with Gasteiger partial charge in [-0.1, -0.05) is 96.5 Å². The summed E-state index contributed by atoms with van der Waals surface area (Å²) in [6.45, 7) is 17.8. The number of nitrogens with zero attached hydrogens (tertiary/aromatic N) is 2. The number of hydrogen-bond donors (Lipinski definition) is 4. The summed E-state index contributed by atoms with van der Waals surface area (Å²) >= 11 is 9.17. The highest BCUT2D eigenvalue weighted by molar-refractivity contribution is 7.10. The number of rotatable bonds is 12. The molecule has 0 radical (unpaired) electrons. The predicted molar refractivity (Wildman–Crippen MR) is 261 cm³/mol. The van der Waals surface area contributed by atoms with E-state index < -0.39 is 23.9 Å². The van der Waals surface area contributed by atoms with Gasteiger partial charge in [0.25, 0.3) is 11.8 Å². The maximum atomic E-state index is 13.2. The minimum absolute atomic E-state index is 0.0444. The van der Waals surface area contributed by atoms with Crippen molar-refractivity contribution in [2.75, 3.05) is 0 Å². The third-order valence-corrected chi connectivity index (χ3v) is 15.7. The van der Waals surface area contributed by atoms with Crippen LogP contribution in [0.3, 0.4) is 0 Å². The number of benzene rings is 2. The van der Waals surface area contributed by atoms with Crippen molar-refractivity contribution in [3.8, 4) is 0 Å². The topological polar surface area (TPSA) is 191 Å². The van der Waals surface area contributed by atoms with E-state index in [0.717, 1.165) is 37.6 Å². The van der Waals surface area contributed by atoms with E-state index in [9.17, 15) is 38.4 Å². The Kier molecular flexibility index (Phi) is 15.1. The molecule has 4 aromatic rings. The number of amides is 8. The molecule has 2 fully saturated rings. The highest BCUT2D eigenvalue weighted by Gasteiger charge is 2.42. The van der Waals surface area contributed by atoms with E-state index in [1.807, 2.05) is 65.0 Å². The van der Waals surface area contributed by atoms with Crippen molar-refractivity contribution in [3.05, 3.63) is 113 Å². The van der Waals surface area contributed by atoms with Crippen molar-refractivity contribution >= 4 is 81.5 Å². The number of aryl methyl sites for hydroxylation is 1. The molecule has 0 bridgehead atoms. The van der Waals surface area contributed by atoms with E-state index in [1.54, 1.807) is 10.8 Å². The molecule has 0 saturated carbocycles. The summed E-state index contributed by atoms with van der Waals surface area (Å²) in [5.41, 5.74) is 6.95. The first-order valence-corrected chi connectivity index (χ1v) is 25.2. The van der Waals surface area contributed by atoms with Gasteiger partial charge in [0, 0.05) is 51.5 Å². The molecular weight excluding hydrogens is 924 g/mol. The molecule has 0 spiro atoms. The largest absolute Gasteiger partial charge is 0.351 e. The molecule has 8 amide bonds. The average molecular weight is 984 g/mol. The second-order valence-corrected chi connectivity index (χ2v) is 22.0. The second kappa shape index (κ2) is 20.5. The minimum Gasteiger partial charge on any atom is -0.351 e. The first kappa shape index (κ1) is 50.2. The van der Waals surface area contributed by atoms with Crippen molar-refractivity contribution < 1.29 is 38.4 Å². The molecule has 4 atom stereocenters. The fourth-order valence-electron chi connectivity index (χ4n) is 9.33. The minimum atomic E-state index is -0.647. The van der Waals surface area contributed by atoms with Crippen LogP contribution >= 0.6 is 34.3 Å². The van der Waals surface area contributed by atoms with Gasteiger partial charge < -0.3 is 20.4 Å². The second-order valence-electron chi connectivity index (χ2n) is 19.7. The van der Waals surface area contributed by atoms with Crippen LogP contribution in [0.25, 0.3) is 0 Å². The Bertz CT molecular complexity index is 2670. The molecule has 6 heterocycles. The van der Waals surface area contributed by atoms with E-state index in [1.165, 1.54) is 38.0 Å². The van der Waals surface area contributed by atoms with E-state index in [0.29, 0.717) is 55.2 Å². The van der Waals surface area contributed by atoms with Crippen LogP contribution < -0.4 is 21.3 Å². The number of fused-ring (bicyclic) bond motifs is 2. The Morgan fingerprint density at radius 2 is 1.12 bits per heavy atom. The van der Waals surface area contributed by atoms with Gasteiger partial charge in [-0.15, -0.1) is 22.7 Å². The van der Waals surface area contributed by atoms with Gasteiger partial charge in [-0.2, -0.15) is 0 Å². The van der Waals surface area contributed by atoms with Gasteiger partial charge in [-0.3, -0.25) is 49.0 Å². The molecule has 2 saturated heterocycles. The number of piperidine rings is 2. The van der Waals surface area contributed by atoms with Gasteiger partial charge in [0.1, 0.15) is 12.1 Å². The summed E-state index contributed by atoms with van der Waals surface area (Å²) in [6.07, 6.45) is 1.10. The lowest BCUT2D eigenvalue weighted by Crippen LogP contribution is -2.52. The Balaban J connectivity index is 0.000000202. The number of hydrogen-bond acceptors (Lipinski definition) is 10. The van der Waals surface area contributed by atoms with Crippen LogP contribution in [0.5, 0.6) is 0 Å². The predicted octanol–water partition coefficient (Wildman–Crippen LogP) is 7.39. The smallest absolute Gasteiger partial charge is 0.256 e. The van der Waals surface area contributed by atoms with Crippen LogP contribution in [-0.4, -0.2) is 69.1 Å². The molecule has 68 heavy (non-hydrogen) atoms. The van der Waals surface area contributed by atoms with Crippen LogP contribution in [0.4, 0.5) is 0 Å². The lowest BCUT2D eigenvalue weighted by Gasteiger charge is -2.29. The van der Waals surface area contributed by atoms with Gasteiger partial charge in [0.15, 0.2) is 0 Å². The zero-order valence-corrected chi connectivity index (χ0v) is 42.1. The standard InChI is InChI=1S/C27H33N3O4S.C24H26ClN3O4S/c1-15(2)23(16-6-8-17(9-7-16)27(3,4)5)25(33)28-12-21-18-13-30(26(34)19(18)14-35-21)20-10-11-22(31)29-24(20)32;1-12(2)21(14-5-4-13(3)17(25)8-14)23(31)26-9-19-15-10-28(24(32)16(15)11-33-19)18-6-7-20(29)27-22(18)30/h6-9,14-15,20,23H,10-13H2,1-5H3,(H,28,33)(H,29,31,32);4-5,8,11-12,18,21H,6-7,9-10H2,1-3H3,(H,26,31)(H,27,29,30). The summed E-state index contributed by atoms with van der Waals surface area (Å²) < 4.78 is 0. The Labute approximate surface area is 409 Å².